The summed E-state index contributed by atoms with van der Waals surface area (Å²) in [5.41, 5.74) is 2.69. The molecule has 0 bridgehead atoms. The number of nitrogens with one attached hydrogen (secondary N) is 1. The fourth-order valence-electron chi connectivity index (χ4n) is 2.42. The van der Waals surface area contributed by atoms with E-state index in [1.165, 1.54) is 17.4 Å². The van der Waals surface area contributed by atoms with Gasteiger partial charge in [0.1, 0.15) is 0 Å². The van der Waals surface area contributed by atoms with E-state index in [-0.39, 0.29) is 12.7 Å². The number of aromatic nitrogens is 1. The van der Waals surface area contributed by atoms with Gasteiger partial charge in [0.2, 0.25) is 12.7 Å². The molecule has 0 aliphatic carbocycles. The zero-order valence-corrected chi connectivity index (χ0v) is 15.8. The Hall–Kier alpha value is -2.64. The highest BCUT2D eigenvalue weighted by atomic mass is 79.9. The number of amides is 1. The van der Waals surface area contributed by atoms with Gasteiger partial charge in [-0.2, -0.15) is 0 Å². The number of hydrogen-bond donors (Lipinski definition) is 1. The minimum absolute atomic E-state index is 0.230. The topological polar surface area (TPSA) is 60.5 Å². The van der Waals surface area contributed by atoms with Crippen molar-refractivity contribution in [3.63, 3.8) is 0 Å². The first kappa shape index (κ1) is 16.8. The van der Waals surface area contributed by atoms with E-state index in [2.05, 4.69) is 26.2 Å². The van der Waals surface area contributed by atoms with Crippen LogP contribution in [0.25, 0.3) is 17.3 Å². The van der Waals surface area contributed by atoms with Gasteiger partial charge in [0.15, 0.2) is 16.6 Å². The molecule has 0 saturated heterocycles. The average molecular weight is 429 g/mol. The van der Waals surface area contributed by atoms with Crippen LogP contribution < -0.4 is 14.8 Å². The quantitative estimate of drug-likeness (QED) is 0.596. The summed E-state index contributed by atoms with van der Waals surface area (Å²) in [6, 6.07) is 13.4. The minimum atomic E-state index is -0.237. The number of carbonyl (C=O) groups excluding carboxylic acids is 1. The van der Waals surface area contributed by atoms with E-state index < -0.39 is 0 Å². The molecule has 3 aromatic rings. The number of benzene rings is 2. The number of rotatable bonds is 4. The van der Waals surface area contributed by atoms with Crippen LogP contribution in [-0.2, 0) is 4.79 Å². The summed E-state index contributed by atoms with van der Waals surface area (Å²) in [4.78, 5) is 16.6. The third-order valence-corrected chi connectivity index (χ3v) is 4.98. The van der Waals surface area contributed by atoms with Crippen LogP contribution in [0.4, 0.5) is 5.13 Å². The number of anilines is 1. The molecule has 0 unspecified atom stereocenters. The van der Waals surface area contributed by atoms with Gasteiger partial charge < -0.3 is 9.47 Å². The monoisotopic (exact) mass is 428 g/mol. The van der Waals surface area contributed by atoms with Crippen LogP contribution in [0, 0.1) is 0 Å². The Bertz CT molecular complexity index is 983. The van der Waals surface area contributed by atoms with Crippen LogP contribution >= 0.6 is 27.3 Å². The van der Waals surface area contributed by atoms with E-state index in [0.717, 1.165) is 27.0 Å². The summed E-state index contributed by atoms with van der Waals surface area (Å²) >= 11 is 4.80. The standard InChI is InChI=1S/C19H13BrN2O3S/c20-14-5-3-13(4-6-14)15-10-26-19(21-15)22-18(23)8-2-12-1-7-16-17(9-12)25-11-24-16/h1-10H,11H2,(H,21,22,23)/b8-2+. The van der Waals surface area contributed by atoms with Crippen LogP contribution in [0.15, 0.2) is 58.4 Å². The molecule has 5 nitrogen and oxygen atoms in total. The molecule has 0 atom stereocenters. The van der Waals surface area contributed by atoms with Crippen molar-refractivity contribution < 1.29 is 14.3 Å². The Morgan fingerprint density at radius 2 is 1.96 bits per heavy atom. The van der Waals surface area contributed by atoms with Gasteiger partial charge in [-0.15, -0.1) is 11.3 Å². The van der Waals surface area contributed by atoms with E-state index >= 15 is 0 Å². The lowest BCUT2D eigenvalue weighted by molar-refractivity contribution is -0.111. The third-order valence-electron chi connectivity index (χ3n) is 3.70. The van der Waals surface area contributed by atoms with Crippen LogP contribution in [0.1, 0.15) is 5.56 Å². The maximum Gasteiger partial charge on any atom is 0.250 e. The predicted octanol–water partition coefficient (Wildman–Crippen LogP) is 4.95. The van der Waals surface area contributed by atoms with E-state index in [4.69, 9.17) is 9.47 Å². The summed E-state index contributed by atoms with van der Waals surface area (Å²) < 4.78 is 11.6. The molecular formula is C19H13BrN2O3S. The molecule has 26 heavy (non-hydrogen) atoms. The number of hydrogen-bond acceptors (Lipinski definition) is 5. The molecule has 1 aliphatic heterocycles. The highest BCUT2D eigenvalue weighted by molar-refractivity contribution is 9.10. The lowest BCUT2D eigenvalue weighted by Gasteiger charge is -1.99. The first-order valence-corrected chi connectivity index (χ1v) is 9.45. The van der Waals surface area contributed by atoms with Crippen molar-refractivity contribution in [2.24, 2.45) is 0 Å². The lowest BCUT2D eigenvalue weighted by atomic mass is 10.2. The molecule has 1 N–H and O–H groups in total. The Balaban J connectivity index is 1.41. The van der Waals surface area contributed by atoms with Crippen molar-refractivity contribution in [3.8, 4) is 22.8 Å². The SMILES string of the molecule is O=C(/C=C/c1ccc2c(c1)OCO2)Nc1nc(-c2ccc(Br)cc2)cs1. The minimum Gasteiger partial charge on any atom is -0.454 e. The molecule has 4 rings (SSSR count). The van der Waals surface area contributed by atoms with Gasteiger partial charge in [-0.1, -0.05) is 34.1 Å². The Labute approximate surface area is 162 Å². The fourth-order valence-corrected chi connectivity index (χ4v) is 3.41. The van der Waals surface area contributed by atoms with Crippen molar-refractivity contribution >= 4 is 44.4 Å². The number of ether oxygens (including phenoxy) is 2. The summed E-state index contributed by atoms with van der Waals surface area (Å²) in [5, 5.41) is 5.26. The van der Waals surface area contributed by atoms with Gasteiger partial charge in [0.05, 0.1) is 5.69 Å². The second kappa shape index (κ2) is 7.31. The van der Waals surface area contributed by atoms with E-state index in [9.17, 15) is 4.79 Å². The Morgan fingerprint density at radius 3 is 2.81 bits per heavy atom. The van der Waals surface area contributed by atoms with E-state index in [0.29, 0.717) is 10.9 Å². The van der Waals surface area contributed by atoms with Crippen LogP contribution in [0.5, 0.6) is 11.5 Å². The number of fused-ring (bicyclic) bond motifs is 1. The second-order valence-corrected chi connectivity index (χ2v) is 7.25. The van der Waals surface area contributed by atoms with Crippen LogP contribution in [-0.4, -0.2) is 17.7 Å². The maximum absolute atomic E-state index is 12.1. The molecule has 0 fully saturated rings. The first-order chi connectivity index (χ1) is 12.7. The molecule has 130 valence electrons. The summed E-state index contributed by atoms with van der Waals surface area (Å²) in [6.45, 7) is 0.230. The fraction of sp³-hybridized carbons (Fsp3) is 0.0526. The number of halogens is 1. The lowest BCUT2D eigenvalue weighted by Crippen LogP contribution is -2.07. The molecule has 1 amide bonds. The smallest absolute Gasteiger partial charge is 0.250 e. The molecular weight excluding hydrogens is 416 g/mol. The zero-order valence-electron chi connectivity index (χ0n) is 13.4. The van der Waals surface area contributed by atoms with Crippen molar-refractivity contribution in [1.82, 2.24) is 4.98 Å². The highest BCUT2D eigenvalue weighted by Gasteiger charge is 2.12. The van der Waals surface area contributed by atoms with Crippen LogP contribution in [0.2, 0.25) is 0 Å². The van der Waals surface area contributed by atoms with Crippen molar-refractivity contribution in [2.75, 3.05) is 12.1 Å². The van der Waals surface area contributed by atoms with Crippen molar-refractivity contribution in [3.05, 3.63) is 64.0 Å². The summed E-state index contributed by atoms with van der Waals surface area (Å²) in [5.74, 6) is 1.17. The third kappa shape index (κ3) is 3.79. The van der Waals surface area contributed by atoms with Gasteiger partial charge in [0.25, 0.3) is 0 Å². The normalized spacial score (nSPS) is 12.5. The van der Waals surface area contributed by atoms with Gasteiger partial charge in [-0.25, -0.2) is 4.98 Å². The van der Waals surface area contributed by atoms with E-state index in [1.807, 2.05) is 47.8 Å². The number of thiazole rings is 1. The number of nitrogens with zero attached hydrogens (tertiary/aromatic N) is 1. The first-order valence-electron chi connectivity index (χ1n) is 7.77. The van der Waals surface area contributed by atoms with Crippen molar-refractivity contribution in [1.29, 1.82) is 0 Å². The summed E-state index contributed by atoms with van der Waals surface area (Å²) in [6.07, 6.45) is 3.19. The molecule has 1 aromatic heterocycles. The van der Waals surface area contributed by atoms with Gasteiger partial charge >= 0.3 is 0 Å². The highest BCUT2D eigenvalue weighted by Crippen LogP contribution is 2.32. The second-order valence-electron chi connectivity index (χ2n) is 5.48. The van der Waals surface area contributed by atoms with Gasteiger partial charge in [-0.05, 0) is 35.9 Å². The molecule has 0 saturated carbocycles. The Morgan fingerprint density at radius 1 is 1.15 bits per heavy atom. The average Bonchev–Trinajstić information content (AvgIpc) is 3.29. The molecule has 2 aromatic carbocycles. The maximum atomic E-state index is 12.1. The van der Waals surface area contributed by atoms with Crippen molar-refractivity contribution in [2.45, 2.75) is 0 Å². The molecule has 0 radical (unpaired) electrons. The molecule has 1 aliphatic rings. The zero-order chi connectivity index (χ0) is 17.9. The number of carbonyl (C=O) groups is 1. The predicted molar refractivity (Wildman–Crippen MR) is 105 cm³/mol. The van der Waals surface area contributed by atoms with E-state index in [1.54, 1.807) is 6.08 Å². The molecule has 2 heterocycles. The summed E-state index contributed by atoms with van der Waals surface area (Å²) in [7, 11) is 0. The van der Waals surface area contributed by atoms with Crippen LogP contribution in [0.3, 0.4) is 0 Å². The Kier molecular flexibility index (Phi) is 4.73. The largest absolute Gasteiger partial charge is 0.454 e. The van der Waals surface area contributed by atoms with Gasteiger partial charge in [-0.3, -0.25) is 10.1 Å². The molecule has 0 spiro atoms. The van der Waals surface area contributed by atoms with Gasteiger partial charge in [0, 0.05) is 21.5 Å². The molecule has 7 heteroatoms.